The summed E-state index contributed by atoms with van der Waals surface area (Å²) in [5.74, 6) is 0.729. The van der Waals surface area contributed by atoms with E-state index in [1.54, 1.807) is 50.1 Å². The number of rotatable bonds is 11. The van der Waals surface area contributed by atoms with Gasteiger partial charge >= 0.3 is 0 Å². The highest BCUT2D eigenvalue weighted by Crippen LogP contribution is 2.40. The van der Waals surface area contributed by atoms with Crippen molar-refractivity contribution in [2.24, 2.45) is 0 Å². The lowest BCUT2D eigenvalue weighted by atomic mass is 9.79. The molecule has 442 valence electrons. The summed E-state index contributed by atoms with van der Waals surface area (Å²) in [6.07, 6.45) is 4.91. The van der Waals surface area contributed by atoms with Crippen molar-refractivity contribution >= 4 is 61.7 Å². The monoisotopic (exact) mass is 1200 g/mol. The second-order valence-corrected chi connectivity index (χ2v) is 30.2. The average molecular weight is 1200 g/mol. The number of hydrogen-bond acceptors (Lipinski definition) is 2. The van der Waals surface area contributed by atoms with Crippen molar-refractivity contribution in [3.8, 4) is 50.9 Å². The van der Waals surface area contributed by atoms with Gasteiger partial charge in [0, 0.05) is 32.7 Å². The molecule has 0 saturated carbocycles. The molecule has 6 heteroatoms. The van der Waals surface area contributed by atoms with Crippen LogP contribution >= 0.6 is 0 Å². The molecule has 0 aliphatic heterocycles. The standard InChI is InChI=1S/C83H80N4OSi/c1-56-45-78(84-54-71(56)57-29-18-14-19-30-57)87-73-40-27-26-39-69(73)70-43-42-65(53-75(70)87)88-64-32-28-31-63(52-64)85-55-86(74-44-41-58(48-76(74)85)59-46-60(80(2,3)4)49-61(47-59)81(5,6)7)79-72(83(11,12)13)50-62(82(8,9)10)51-77(79)89(66-33-20-15-21-34-66,67-35-22-16-23-36-67)68-37-24-17-25-38-68/h14-54H,1-13H3/i1D3,14D,15D,16D,17D,18D,19D,20D,21D,22D,23D,24D,25D,29D,30D,33D,34D,35D,36D,37D,38D. The Morgan fingerprint density at radius 1 is 0.483 bits per heavy atom. The van der Waals surface area contributed by atoms with Gasteiger partial charge in [0.2, 0.25) is 0 Å². The molecule has 0 spiro atoms. The van der Waals surface area contributed by atoms with Crippen LogP contribution in [0, 0.1) is 13.2 Å². The van der Waals surface area contributed by atoms with Crippen LogP contribution < -0.4 is 30.1 Å². The number of para-hydroxylation sites is 1. The van der Waals surface area contributed by atoms with Crippen LogP contribution in [0.5, 0.6) is 11.5 Å². The maximum Gasteiger partial charge on any atom is 0.269 e. The first-order valence-electron chi connectivity index (χ1n) is 41.0. The summed E-state index contributed by atoms with van der Waals surface area (Å²) in [5, 5.41) is -0.520. The molecule has 3 aromatic heterocycles. The lowest BCUT2D eigenvalue weighted by molar-refractivity contribution is -0.572. The average Bonchev–Trinajstić information content (AvgIpc) is 0.777. The molecule has 89 heavy (non-hydrogen) atoms. The Balaban J connectivity index is 1.14. The van der Waals surface area contributed by atoms with E-state index in [1.807, 2.05) is 102 Å². The summed E-state index contributed by atoms with van der Waals surface area (Å²) in [6, 6.07) is 20.7. The predicted molar refractivity (Wildman–Crippen MR) is 376 cm³/mol. The molecule has 13 rings (SSSR count). The Labute approximate surface area is 559 Å². The Bertz CT molecular complexity index is 5860. The topological polar surface area (TPSA) is 35.9 Å². The number of aromatic nitrogens is 4. The minimum atomic E-state index is -5.92. The lowest BCUT2D eigenvalue weighted by Gasteiger charge is -2.39. The van der Waals surface area contributed by atoms with Crippen LogP contribution in [-0.2, 0) is 21.7 Å². The highest BCUT2D eigenvalue weighted by molar-refractivity contribution is 7.20. The first kappa shape index (κ1) is 37.5. The molecule has 0 aliphatic rings. The van der Waals surface area contributed by atoms with E-state index in [9.17, 15) is 16.4 Å². The van der Waals surface area contributed by atoms with Gasteiger partial charge < -0.3 is 4.74 Å². The van der Waals surface area contributed by atoms with Gasteiger partial charge in [0.15, 0.2) is 8.07 Å². The highest BCUT2D eigenvalue weighted by atomic mass is 28.3. The van der Waals surface area contributed by atoms with Gasteiger partial charge in [-0.3, -0.25) is 13.7 Å². The minimum Gasteiger partial charge on any atom is -0.458 e. The fraction of sp³-hybridized carbons (Fsp3) is 0.205. The molecule has 3 heterocycles. The van der Waals surface area contributed by atoms with Gasteiger partial charge in [-0.2, -0.15) is 0 Å². The van der Waals surface area contributed by atoms with Crippen molar-refractivity contribution in [1.29, 1.82) is 0 Å². The molecule has 10 aromatic carbocycles. The van der Waals surface area contributed by atoms with E-state index < -0.39 is 162 Å². The van der Waals surface area contributed by atoms with E-state index in [4.69, 9.17) is 24.8 Å². The summed E-state index contributed by atoms with van der Waals surface area (Å²) >= 11 is 0. The number of benzene rings is 10. The van der Waals surface area contributed by atoms with Crippen LogP contribution in [0.1, 0.15) is 142 Å². The van der Waals surface area contributed by atoms with Crippen molar-refractivity contribution in [3.05, 3.63) is 283 Å². The van der Waals surface area contributed by atoms with Crippen molar-refractivity contribution in [2.45, 2.75) is 112 Å². The predicted octanol–water partition coefficient (Wildman–Crippen LogP) is 18.2. The molecule has 0 amide bonds. The van der Waals surface area contributed by atoms with E-state index in [0.29, 0.717) is 44.6 Å². The minimum absolute atomic E-state index is 0.0720. The molecule has 0 bridgehead atoms. The molecular weight excluding hydrogens is 1100 g/mol. The second kappa shape index (κ2) is 22.3. The number of imidazole rings is 1. The third-order valence-electron chi connectivity index (χ3n) is 16.5. The molecule has 0 radical (unpaired) electrons. The number of fused-ring (bicyclic) bond motifs is 4. The number of nitrogens with zero attached hydrogens (tertiary/aromatic N) is 4. The van der Waals surface area contributed by atoms with Crippen LogP contribution in [0.2, 0.25) is 0 Å². The first-order valence-corrected chi connectivity index (χ1v) is 31.5. The molecule has 0 aliphatic carbocycles. The summed E-state index contributed by atoms with van der Waals surface area (Å²) < 4.78 is 226. The van der Waals surface area contributed by atoms with Crippen molar-refractivity contribution in [1.82, 2.24) is 14.1 Å². The Morgan fingerprint density at radius 3 is 1.65 bits per heavy atom. The van der Waals surface area contributed by atoms with E-state index in [1.165, 1.54) is 12.3 Å². The maximum absolute atomic E-state index is 10.2. The van der Waals surface area contributed by atoms with Crippen molar-refractivity contribution in [3.63, 3.8) is 0 Å². The quantitative estimate of drug-likeness (QED) is 0.0560. The van der Waals surface area contributed by atoms with Crippen LogP contribution in [0.4, 0.5) is 0 Å². The molecule has 0 atom stereocenters. The SMILES string of the molecule is [2H]c1c([2H])c([2H])c(-c2cnc(-n3c4ccccc4c4ccc(Oc5cccc(-n6[c-][n+](-c7c(C(C)(C)C)cc(C(C)(C)C)cc7[Si](c7c([2H])c([2H])c([2H])c([2H])c7[2H])(c7c([2H])c([2H])c([2H])c([2H])c7[2H])c7c([2H])c([2H])c([2H])c([2H])c7[2H])c7ccc(-c8cc(C(C)(C)C)cc(C(C)(C)C)c8)cc76)c5)cc43)cc2C([2H])([2H])[2H])c([2H])c1[2H]. The molecule has 0 fully saturated rings. The highest BCUT2D eigenvalue weighted by Gasteiger charge is 2.45. The van der Waals surface area contributed by atoms with Crippen molar-refractivity contribution < 1.29 is 40.8 Å². The fourth-order valence-electron chi connectivity index (χ4n) is 11.8. The molecule has 0 N–H and O–H groups in total. The molecule has 5 nitrogen and oxygen atoms in total. The third kappa shape index (κ3) is 10.8. The number of ether oxygens (including phenoxy) is 1. The zero-order valence-corrected chi connectivity index (χ0v) is 52.8. The Kier molecular flexibility index (Phi) is 9.41. The van der Waals surface area contributed by atoms with E-state index in [-0.39, 0.29) is 50.0 Å². The van der Waals surface area contributed by atoms with Gasteiger partial charge in [0.05, 0.1) is 60.9 Å². The number of hydrogen-bond donors (Lipinski definition) is 0. The zero-order valence-electron chi connectivity index (χ0n) is 74.8. The summed E-state index contributed by atoms with van der Waals surface area (Å²) in [6.45, 7) is 21.5. The number of aryl methyl sites for hydroxylation is 1. The Hall–Kier alpha value is -9.36. The lowest BCUT2D eigenvalue weighted by Crippen LogP contribution is -2.76. The second-order valence-electron chi connectivity index (χ2n) is 26.7. The van der Waals surface area contributed by atoms with E-state index >= 15 is 0 Å². The number of pyridine rings is 1. The van der Waals surface area contributed by atoms with Gasteiger partial charge in [-0.1, -0.05) is 271 Å². The van der Waals surface area contributed by atoms with E-state index in [2.05, 4.69) is 66.1 Å². The Morgan fingerprint density at radius 2 is 1.06 bits per heavy atom. The van der Waals surface area contributed by atoms with Gasteiger partial charge in [-0.05, 0) is 142 Å². The largest absolute Gasteiger partial charge is 0.458 e. The smallest absolute Gasteiger partial charge is 0.269 e. The fourth-order valence-corrected chi connectivity index (χ4v) is 15.8. The van der Waals surface area contributed by atoms with Gasteiger partial charge in [-0.25, -0.2) is 4.98 Å². The molecular formula is C83H80N4OSi. The normalized spacial score (nSPS) is 16.3. The van der Waals surface area contributed by atoms with Crippen LogP contribution in [0.25, 0.3) is 72.3 Å². The van der Waals surface area contributed by atoms with Gasteiger partial charge in [0.1, 0.15) is 17.3 Å². The van der Waals surface area contributed by atoms with Crippen LogP contribution in [-0.4, -0.2) is 22.2 Å². The maximum atomic E-state index is 10.2. The van der Waals surface area contributed by atoms with Crippen LogP contribution in [0.3, 0.4) is 0 Å². The zero-order chi connectivity index (χ0) is 82.1. The van der Waals surface area contributed by atoms with Crippen LogP contribution in [0.15, 0.2) is 248 Å². The summed E-state index contributed by atoms with van der Waals surface area (Å²) in [5.41, 5.74) is 3.96. The van der Waals surface area contributed by atoms with Gasteiger partial charge in [0.25, 0.3) is 6.33 Å². The van der Waals surface area contributed by atoms with Gasteiger partial charge in [-0.15, -0.1) is 0 Å². The summed E-state index contributed by atoms with van der Waals surface area (Å²) in [4.78, 5) is 4.76. The summed E-state index contributed by atoms with van der Waals surface area (Å²) in [7, 11) is -5.92. The third-order valence-corrected chi connectivity index (χ3v) is 20.7. The first-order chi connectivity index (χ1) is 52.0. The molecule has 0 unspecified atom stereocenters. The molecule has 0 saturated heterocycles. The van der Waals surface area contributed by atoms with E-state index in [0.717, 1.165) is 33.0 Å². The van der Waals surface area contributed by atoms with Crippen molar-refractivity contribution in [2.75, 3.05) is 0 Å². The molecule has 13 aromatic rings.